The van der Waals surface area contributed by atoms with Gasteiger partial charge >= 0.3 is 5.97 Å². The third kappa shape index (κ3) is 4.44. The van der Waals surface area contributed by atoms with Gasteiger partial charge in [0.05, 0.1) is 13.5 Å². The number of aromatic nitrogens is 1. The van der Waals surface area contributed by atoms with E-state index in [1.54, 1.807) is 6.07 Å². The first-order chi connectivity index (χ1) is 11.4. The first-order valence-electron chi connectivity index (χ1n) is 7.90. The Kier molecular flexibility index (Phi) is 5.73. The number of benzene rings is 1. The van der Waals surface area contributed by atoms with Crippen molar-refractivity contribution in [2.75, 3.05) is 7.11 Å². The monoisotopic (exact) mass is 330 g/mol. The summed E-state index contributed by atoms with van der Waals surface area (Å²) in [5.41, 5.74) is 2.20. The third-order valence-electron chi connectivity index (χ3n) is 3.87. The van der Waals surface area contributed by atoms with Gasteiger partial charge in [-0.2, -0.15) is 0 Å². The second-order valence-corrected chi connectivity index (χ2v) is 5.98. The van der Waals surface area contributed by atoms with E-state index in [2.05, 4.69) is 28.9 Å². The molecule has 0 aliphatic carbocycles. The lowest BCUT2D eigenvalue weighted by Crippen LogP contribution is -2.27. The third-order valence-corrected chi connectivity index (χ3v) is 3.87. The summed E-state index contributed by atoms with van der Waals surface area (Å²) in [7, 11) is 1.28. The Labute approximate surface area is 140 Å². The molecule has 6 nitrogen and oxygen atoms in total. The number of aromatic amines is 1. The minimum absolute atomic E-state index is 0.0220. The second-order valence-electron chi connectivity index (χ2n) is 5.98. The Morgan fingerprint density at radius 3 is 2.62 bits per heavy atom. The van der Waals surface area contributed by atoms with Crippen molar-refractivity contribution in [1.82, 2.24) is 10.3 Å². The molecule has 2 rings (SSSR count). The number of pyridine rings is 1. The van der Waals surface area contributed by atoms with Crippen LogP contribution in [0.4, 0.5) is 0 Å². The number of carbonyl (C=O) groups is 2. The first-order valence-corrected chi connectivity index (χ1v) is 7.90. The number of fused-ring (bicyclic) bond motifs is 1. The van der Waals surface area contributed by atoms with Gasteiger partial charge < -0.3 is 15.0 Å². The summed E-state index contributed by atoms with van der Waals surface area (Å²) >= 11 is 0. The highest BCUT2D eigenvalue weighted by molar-refractivity contribution is 5.82. The predicted octanol–water partition coefficient (Wildman–Crippen LogP) is 2.22. The Morgan fingerprint density at radius 1 is 1.21 bits per heavy atom. The minimum atomic E-state index is -0.435. The molecule has 1 heterocycles. The van der Waals surface area contributed by atoms with Crippen LogP contribution in [0.1, 0.15) is 43.7 Å². The zero-order valence-corrected chi connectivity index (χ0v) is 14.1. The van der Waals surface area contributed by atoms with E-state index in [1.807, 2.05) is 18.2 Å². The van der Waals surface area contributed by atoms with Gasteiger partial charge in [0.25, 0.3) is 5.56 Å². The number of ether oxygens (including phenoxy) is 1. The topological polar surface area (TPSA) is 88.3 Å². The van der Waals surface area contributed by atoms with Gasteiger partial charge in [0, 0.05) is 24.0 Å². The largest absolute Gasteiger partial charge is 0.469 e. The maximum absolute atomic E-state index is 12.1. The maximum atomic E-state index is 12.1. The lowest BCUT2D eigenvalue weighted by molar-refractivity contribution is -0.142. The molecule has 1 aromatic carbocycles. The molecule has 2 aromatic rings. The van der Waals surface area contributed by atoms with Crippen molar-refractivity contribution in [3.63, 3.8) is 0 Å². The average Bonchev–Trinajstić information content (AvgIpc) is 2.57. The van der Waals surface area contributed by atoms with Crippen LogP contribution < -0.4 is 10.9 Å². The molecule has 0 atom stereocenters. The first kappa shape index (κ1) is 17.7. The number of hydrogen-bond acceptors (Lipinski definition) is 4. The highest BCUT2D eigenvalue weighted by Gasteiger charge is 2.09. The fourth-order valence-corrected chi connectivity index (χ4v) is 2.36. The number of carbonyl (C=O) groups excluding carboxylic acids is 2. The van der Waals surface area contributed by atoms with Crippen molar-refractivity contribution in [2.24, 2.45) is 0 Å². The fourth-order valence-electron chi connectivity index (χ4n) is 2.36. The molecule has 0 saturated heterocycles. The maximum Gasteiger partial charge on any atom is 0.306 e. The van der Waals surface area contributed by atoms with Crippen LogP contribution in [0.5, 0.6) is 0 Å². The summed E-state index contributed by atoms with van der Waals surface area (Å²) in [4.78, 5) is 37.7. The molecule has 24 heavy (non-hydrogen) atoms. The van der Waals surface area contributed by atoms with Gasteiger partial charge in [-0.25, -0.2) is 0 Å². The van der Waals surface area contributed by atoms with Crippen molar-refractivity contribution < 1.29 is 14.3 Å². The molecule has 0 aliphatic rings. The van der Waals surface area contributed by atoms with Gasteiger partial charge in [0.2, 0.25) is 5.91 Å². The van der Waals surface area contributed by atoms with E-state index in [1.165, 1.54) is 12.7 Å². The highest BCUT2D eigenvalue weighted by atomic mass is 16.5. The average molecular weight is 330 g/mol. The van der Waals surface area contributed by atoms with Gasteiger partial charge in [0.15, 0.2) is 0 Å². The van der Waals surface area contributed by atoms with Crippen molar-refractivity contribution in [2.45, 2.75) is 39.2 Å². The molecule has 0 bridgehead atoms. The van der Waals surface area contributed by atoms with Crippen LogP contribution in [-0.2, 0) is 20.9 Å². The molecule has 6 heteroatoms. The van der Waals surface area contributed by atoms with E-state index in [4.69, 9.17) is 0 Å². The van der Waals surface area contributed by atoms with Crippen LogP contribution in [0.2, 0.25) is 0 Å². The lowest BCUT2D eigenvalue weighted by atomic mass is 10.0. The molecule has 1 amide bonds. The molecule has 0 saturated carbocycles. The fraction of sp³-hybridized carbons (Fsp3) is 0.389. The highest BCUT2D eigenvalue weighted by Crippen LogP contribution is 2.19. The summed E-state index contributed by atoms with van der Waals surface area (Å²) in [6.07, 6.45) is 0.0593. The van der Waals surface area contributed by atoms with Gasteiger partial charge in [-0.05, 0) is 35.1 Å². The summed E-state index contributed by atoms with van der Waals surface area (Å²) < 4.78 is 4.49. The molecule has 128 valence electrons. The Hall–Kier alpha value is -2.63. The Bertz CT molecular complexity index is 808. The molecule has 1 aromatic heterocycles. The molecule has 2 N–H and O–H groups in total. The number of nitrogens with one attached hydrogen (secondary N) is 2. The van der Waals surface area contributed by atoms with E-state index in [0.29, 0.717) is 11.5 Å². The van der Waals surface area contributed by atoms with Crippen LogP contribution in [0.15, 0.2) is 29.1 Å². The lowest BCUT2D eigenvalue weighted by Gasteiger charge is -2.09. The van der Waals surface area contributed by atoms with E-state index in [-0.39, 0.29) is 30.9 Å². The smallest absolute Gasteiger partial charge is 0.306 e. The Balaban J connectivity index is 2.11. The number of H-pyrrole nitrogens is 1. The van der Waals surface area contributed by atoms with Gasteiger partial charge in [0.1, 0.15) is 0 Å². The number of methoxy groups -OCH3 is 1. The van der Waals surface area contributed by atoms with Crippen molar-refractivity contribution >= 4 is 22.8 Å². The van der Waals surface area contributed by atoms with Crippen molar-refractivity contribution in [1.29, 1.82) is 0 Å². The molecular formula is C18H22N2O4. The summed E-state index contributed by atoms with van der Waals surface area (Å²) in [5.74, 6) is -0.339. The number of esters is 1. The quantitative estimate of drug-likeness (QED) is 0.795. The zero-order valence-electron chi connectivity index (χ0n) is 14.1. The van der Waals surface area contributed by atoms with Gasteiger partial charge in [-0.1, -0.05) is 19.9 Å². The second kappa shape index (κ2) is 7.77. The van der Waals surface area contributed by atoms with E-state index >= 15 is 0 Å². The normalized spacial score (nSPS) is 10.8. The van der Waals surface area contributed by atoms with Crippen molar-refractivity contribution in [3.8, 4) is 0 Å². The molecule has 0 fully saturated rings. The predicted molar refractivity (Wildman–Crippen MR) is 91.8 cm³/mol. The van der Waals surface area contributed by atoms with Crippen LogP contribution in [0, 0.1) is 0 Å². The van der Waals surface area contributed by atoms with Crippen LogP contribution in [-0.4, -0.2) is 24.0 Å². The van der Waals surface area contributed by atoms with Crippen molar-refractivity contribution in [3.05, 3.63) is 45.7 Å². The summed E-state index contributed by atoms with van der Waals surface area (Å²) in [6, 6.07) is 7.72. The molecular weight excluding hydrogens is 308 g/mol. The molecule has 0 radical (unpaired) electrons. The number of hydrogen-bond donors (Lipinski definition) is 2. The molecule has 0 unspecified atom stereocenters. The molecule has 0 spiro atoms. The van der Waals surface area contributed by atoms with Crippen LogP contribution in [0.25, 0.3) is 10.9 Å². The van der Waals surface area contributed by atoms with Gasteiger partial charge in [-0.15, -0.1) is 0 Å². The van der Waals surface area contributed by atoms with Gasteiger partial charge in [-0.3, -0.25) is 14.4 Å². The summed E-state index contributed by atoms with van der Waals surface area (Å²) in [6.45, 7) is 4.34. The standard InChI is InChI=1S/C18H22N2O4/c1-11(2)12-4-5-15-13(8-12)9-14(18(23)20-15)10-19-16(21)6-7-17(22)24-3/h4-5,8-9,11H,6-7,10H2,1-3H3,(H,19,21)(H,20,23). The summed E-state index contributed by atoms with van der Waals surface area (Å²) in [5, 5.41) is 3.58. The van der Waals surface area contributed by atoms with E-state index < -0.39 is 5.97 Å². The zero-order chi connectivity index (χ0) is 17.7. The molecule has 0 aliphatic heterocycles. The van der Waals surface area contributed by atoms with E-state index in [9.17, 15) is 14.4 Å². The minimum Gasteiger partial charge on any atom is -0.469 e. The Morgan fingerprint density at radius 2 is 1.96 bits per heavy atom. The number of rotatable bonds is 6. The van der Waals surface area contributed by atoms with Crippen LogP contribution in [0.3, 0.4) is 0 Å². The SMILES string of the molecule is COC(=O)CCC(=O)NCc1cc2cc(C(C)C)ccc2[nH]c1=O. The van der Waals surface area contributed by atoms with E-state index in [0.717, 1.165) is 10.9 Å². The number of amides is 1. The van der Waals surface area contributed by atoms with Crippen LogP contribution >= 0.6 is 0 Å².